The van der Waals surface area contributed by atoms with E-state index in [0.717, 1.165) is 125 Å². The van der Waals surface area contributed by atoms with Gasteiger partial charge >= 0.3 is 558 Å². The Bertz CT molecular complexity index is 6710. The minimum atomic E-state index is -1.99. The molecule has 4 radical (unpaired) electrons. The Balaban J connectivity index is 0.000000188. The fourth-order valence-corrected chi connectivity index (χ4v) is 30.3. The molecule has 2 aliphatic carbocycles. The summed E-state index contributed by atoms with van der Waals surface area (Å²) in [5.74, 6) is 31.7. The smallest absolute Gasteiger partial charge is 0 e. The van der Waals surface area contributed by atoms with Crippen LogP contribution in [0.3, 0.4) is 0 Å². The molecule has 0 unspecified atom stereocenters. The Labute approximate surface area is 937 Å². The molecule has 0 aliphatic heterocycles. The van der Waals surface area contributed by atoms with E-state index >= 15 is 0 Å². The van der Waals surface area contributed by atoms with Gasteiger partial charge in [-0.2, -0.15) is 0 Å². The van der Waals surface area contributed by atoms with Gasteiger partial charge in [0.05, 0.1) is 0 Å². The zero-order valence-electron chi connectivity index (χ0n) is 87.7. The van der Waals surface area contributed by atoms with Crippen LogP contribution in [0.15, 0.2) is 371 Å². The molecule has 756 valence electrons. The monoisotopic (exact) mass is 2880 g/mol. The molecule has 8 aromatic heterocycles. The van der Waals surface area contributed by atoms with Gasteiger partial charge < -0.3 is 19.9 Å². The number of aromatic nitrogens is 8. The van der Waals surface area contributed by atoms with Crippen molar-refractivity contribution in [3.05, 3.63) is 459 Å². The van der Waals surface area contributed by atoms with Crippen LogP contribution >= 0.6 is 0 Å². The first kappa shape index (κ1) is 120. The number of pyridine rings is 8. The van der Waals surface area contributed by atoms with Gasteiger partial charge in [0.15, 0.2) is 0 Å². The summed E-state index contributed by atoms with van der Waals surface area (Å²) in [6, 6.07) is 141. The molecule has 16 heteroatoms. The largest absolute Gasteiger partial charge is 0 e. The Hall–Kier alpha value is -9.83. The van der Waals surface area contributed by atoms with Gasteiger partial charge in [-0.25, -0.2) is 0 Å². The van der Waals surface area contributed by atoms with E-state index in [2.05, 4.69) is 308 Å². The van der Waals surface area contributed by atoms with Gasteiger partial charge in [0.25, 0.3) is 0 Å². The van der Waals surface area contributed by atoms with Crippen LogP contribution in [0, 0.1) is 82.1 Å². The fourth-order valence-electron chi connectivity index (χ4n) is 17.4. The van der Waals surface area contributed by atoms with Crippen LogP contribution in [0.2, 0.25) is 69.1 Å². The molecule has 2 aliphatic rings. The van der Waals surface area contributed by atoms with Gasteiger partial charge in [0, 0.05) is 104 Å². The van der Waals surface area contributed by atoms with Crippen LogP contribution in [-0.4, -0.2) is 92.9 Å². The van der Waals surface area contributed by atoms with Crippen LogP contribution in [0.25, 0.3) is 112 Å². The molecule has 10 aromatic carbocycles. The first-order valence-corrected chi connectivity index (χ1v) is 79.5. The normalized spacial score (nSPS) is 12.0. The average Bonchev–Trinajstić information content (AvgIpc) is 1.18. The van der Waals surface area contributed by atoms with Crippen LogP contribution in [0.4, 0.5) is 0 Å². The summed E-state index contributed by atoms with van der Waals surface area (Å²) in [5, 5.41) is 0. The van der Waals surface area contributed by atoms with E-state index in [1.807, 2.05) is 246 Å². The maximum absolute atomic E-state index is 4.90. The summed E-state index contributed by atoms with van der Waals surface area (Å²) >= 11 is -7.58. The molecule has 146 heavy (non-hydrogen) atoms. The molecular formula is C130H136Ge4Ir4N8-8. The van der Waals surface area contributed by atoms with E-state index in [9.17, 15) is 0 Å². The summed E-state index contributed by atoms with van der Waals surface area (Å²) in [7, 11) is 0. The second-order valence-corrected chi connectivity index (χ2v) is 83.5. The van der Waals surface area contributed by atoms with Gasteiger partial charge in [0.1, 0.15) is 0 Å². The Morgan fingerprint density at radius 1 is 0.253 bits per heavy atom. The minimum Gasteiger partial charge on any atom is 0 e. The SMILES string of the molecule is CC(C)Cc1cnc(-c2[c-]ccc(-c3ccccc3)c2)c[c]1[Ge]([CH3])([CH3])[CH3].Cc1ccc(-c2[c-]cccc2)nc1.Cc1cccc(-c2[c-]cccc2)n1.Cc1cccc(-c2[c-]cccc2)n1.Cc1cccc(-c2[c-]cccc2)n1.[CH3][Ge]([CH3])([CH3])[c]1cc(-c2[c-]ccc(-c3ccccc3)c2)ncc1C1CCCC1.[CH3][Ge]([CH3])([CH3])[c]1cc(-c2[c-]cccc2)ncc1C1CCCC1.[CH3][Ge]([CH3])([CH3])[c]1ccc(-c2[c-]cccc2)nc1.[Ir].[Ir].[Ir].[Ir]. The quantitative estimate of drug-likeness (QED) is 0.0618. The standard InChI is InChI=1S/C25H28GeN.C24H28GeN.C19H24GeN.C14H16GeN.4C12H10N.4Ir/c1-26(2,3)24-17-25(27-18-23(24)20-12-7-8-13-20)22-15-9-14-21(16-22)19-10-5-4-6-11-19;1-18(2)14-22-17-26-24(16-23(22)25(3,4)5)21-13-9-12-20(15-21)19-10-7-6-8-11-19;1-20(2,3)18-13-19(16-11-5-4-6-12-16)21-14-17(18)15-9-7-8-10-15;1-15(2,3)13-9-10-14(16-11-13)12-7-5-4-6-8-12;3*1-10-6-5-9-12(13-10)11-7-3-2-4-8-11;1-10-7-8-12(13-9-10)11-5-3-2-4-6-11;;;;/h4-6,9-11,14,16-18,20H,7-8,12-13H2,1-3H3;6-12,15-18H,14H2,1-5H3;4-6,11,13-15H,7-10H2,1-3H3;4-7,9-11H,1-3H3;3*2-7,9H,1H3;2-5,7-9H,1H3;;;;/q8*-1;;;;. The van der Waals surface area contributed by atoms with E-state index in [4.69, 9.17) is 15.0 Å². The third-order valence-electron chi connectivity index (χ3n) is 25.0. The zero-order valence-corrected chi connectivity index (χ0v) is 106. The van der Waals surface area contributed by atoms with Crippen molar-refractivity contribution in [3.63, 3.8) is 0 Å². The molecule has 20 rings (SSSR count). The van der Waals surface area contributed by atoms with E-state index in [1.54, 1.807) is 24.3 Å². The average molecular weight is 2870 g/mol. The summed E-state index contributed by atoms with van der Waals surface area (Å²) in [6.07, 6.45) is 22.4. The number of aryl methyl sites for hydroxylation is 4. The maximum atomic E-state index is 4.90. The Morgan fingerprint density at radius 2 is 0.555 bits per heavy atom. The zero-order chi connectivity index (χ0) is 100. The summed E-state index contributed by atoms with van der Waals surface area (Å²) < 4.78 is 6.29. The molecule has 8 nitrogen and oxygen atoms in total. The Morgan fingerprint density at radius 3 is 0.856 bits per heavy atom. The van der Waals surface area contributed by atoms with Crippen molar-refractivity contribution in [2.75, 3.05) is 0 Å². The first-order chi connectivity index (χ1) is 68.4. The molecule has 0 N–H and O–H groups in total. The van der Waals surface area contributed by atoms with Crippen molar-refractivity contribution in [1.82, 2.24) is 39.9 Å². The molecule has 0 atom stereocenters. The van der Waals surface area contributed by atoms with Gasteiger partial charge in [-0.05, 0) is 74.2 Å². The molecule has 0 amide bonds. The summed E-state index contributed by atoms with van der Waals surface area (Å²) in [5.41, 5.74) is 30.4. The van der Waals surface area contributed by atoms with Crippen molar-refractivity contribution in [1.29, 1.82) is 0 Å². The van der Waals surface area contributed by atoms with Crippen LogP contribution in [0.5, 0.6) is 0 Å². The molecule has 0 spiro atoms. The van der Waals surface area contributed by atoms with Crippen molar-refractivity contribution in [2.45, 2.75) is 180 Å². The van der Waals surface area contributed by atoms with Crippen LogP contribution in [-0.2, 0) is 86.8 Å². The fraction of sp³-hybridized carbons (Fsp3) is 0.231. The predicted octanol–water partition coefficient (Wildman–Crippen LogP) is 31.6. The van der Waals surface area contributed by atoms with E-state index in [1.165, 1.54) is 89.1 Å². The predicted molar refractivity (Wildman–Crippen MR) is 611 cm³/mol. The minimum absolute atomic E-state index is 0. The second-order valence-electron chi connectivity index (χ2n) is 41.1. The van der Waals surface area contributed by atoms with Crippen molar-refractivity contribution < 1.29 is 80.4 Å². The van der Waals surface area contributed by atoms with Crippen molar-refractivity contribution >= 4 is 70.6 Å². The van der Waals surface area contributed by atoms with Crippen LogP contribution in [0.1, 0.15) is 116 Å². The third-order valence-corrected chi connectivity index (χ3v) is 42.2. The molecule has 18 aromatic rings. The van der Waals surface area contributed by atoms with Gasteiger partial charge in [-0.1, -0.05) is 48.5 Å². The van der Waals surface area contributed by atoms with E-state index in [-0.39, 0.29) is 80.4 Å². The number of nitrogens with zero attached hydrogens (tertiary/aromatic N) is 8. The molecule has 0 saturated heterocycles. The molecule has 2 fully saturated rings. The first-order valence-electron chi connectivity index (χ1n) is 50.1. The van der Waals surface area contributed by atoms with Gasteiger partial charge in [-0.15, -0.1) is 144 Å². The van der Waals surface area contributed by atoms with Crippen molar-refractivity contribution in [2.24, 2.45) is 5.92 Å². The van der Waals surface area contributed by atoms with E-state index < -0.39 is 53.1 Å². The number of rotatable bonds is 18. The summed E-state index contributed by atoms with van der Waals surface area (Å²) in [4.78, 5) is 36.6. The van der Waals surface area contributed by atoms with Crippen LogP contribution < -0.4 is 17.6 Å². The van der Waals surface area contributed by atoms with E-state index in [0.29, 0.717) is 5.92 Å². The third kappa shape index (κ3) is 37.1. The molecular weight excluding hydrogens is 2730 g/mol. The molecule has 8 heterocycles. The maximum Gasteiger partial charge on any atom is 0 e. The summed E-state index contributed by atoms with van der Waals surface area (Å²) in [6.45, 7) is 12.6. The van der Waals surface area contributed by atoms with Gasteiger partial charge in [-0.3, -0.25) is 0 Å². The Kier molecular flexibility index (Phi) is 48.8. The van der Waals surface area contributed by atoms with Crippen molar-refractivity contribution in [3.8, 4) is 112 Å². The number of hydrogen-bond donors (Lipinski definition) is 0. The number of hydrogen-bond acceptors (Lipinski definition) is 8. The molecule has 2 saturated carbocycles. The number of benzene rings is 10. The second kappa shape index (κ2) is 59.5. The molecule has 0 bridgehead atoms. The van der Waals surface area contributed by atoms with Gasteiger partial charge in [0.2, 0.25) is 0 Å². The topological polar surface area (TPSA) is 103 Å².